The van der Waals surface area contributed by atoms with Crippen LogP contribution < -0.4 is 0 Å². The van der Waals surface area contributed by atoms with Gasteiger partial charge in [-0.15, -0.1) is 0 Å². The molecule has 0 saturated heterocycles. The maximum absolute atomic E-state index is 11.5. The molecular weight excluding hydrogens is 228 g/mol. The Labute approximate surface area is 95.6 Å². The molecule has 2 heterocycles. The highest BCUT2D eigenvalue weighted by atomic mass is 35.5. The van der Waals surface area contributed by atoms with Gasteiger partial charge in [-0.2, -0.15) is 0 Å². The second kappa shape index (κ2) is 3.17. The second-order valence-electron chi connectivity index (χ2n) is 3.59. The Morgan fingerprint density at radius 3 is 3.06 bits per heavy atom. The van der Waals surface area contributed by atoms with Gasteiger partial charge in [0.2, 0.25) is 0 Å². The number of hydrogen-bond acceptors (Lipinski definition) is 3. The number of aliphatic hydroxyl groups is 1. The molecule has 0 saturated carbocycles. The van der Waals surface area contributed by atoms with E-state index in [1.807, 2.05) is 6.07 Å². The van der Waals surface area contributed by atoms with Crippen molar-refractivity contribution in [3.05, 3.63) is 35.1 Å². The zero-order valence-corrected chi connectivity index (χ0v) is 8.82. The minimum Gasteiger partial charge on any atom is -0.379 e. The number of aromatic amines is 1. The number of rotatable bonds is 1. The van der Waals surface area contributed by atoms with Gasteiger partial charge in [0.1, 0.15) is 5.65 Å². The molecule has 0 aliphatic heterocycles. The third-order valence-electron chi connectivity index (χ3n) is 2.69. The number of ketones is 1. The number of carbonyl (C=O) groups is 1. The van der Waals surface area contributed by atoms with E-state index in [0.717, 1.165) is 5.39 Å². The predicted octanol–water partition coefficient (Wildman–Crippen LogP) is 1.46. The first kappa shape index (κ1) is 9.57. The van der Waals surface area contributed by atoms with Gasteiger partial charge < -0.3 is 10.1 Å². The number of aliphatic hydroxyl groups excluding tert-OH is 1. The Kier molecular flexibility index (Phi) is 1.89. The van der Waals surface area contributed by atoms with Crippen LogP contribution in [0.5, 0.6) is 0 Å². The molecule has 1 aliphatic rings. The minimum atomic E-state index is -1.15. The first-order chi connectivity index (χ1) is 7.70. The highest BCUT2D eigenvalue weighted by Crippen LogP contribution is 2.38. The first-order valence-corrected chi connectivity index (χ1v) is 5.12. The Morgan fingerprint density at radius 1 is 1.50 bits per heavy atom. The van der Waals surface area contributed by atoms with Crippen molar-refractivity contribution in [2.24, 2.45) is 0 Å². The van der Waals surface area contributed by atoms with Crippen molar-refractivity contribution in [3.8, 4) is 0 Å². The van der Waals surface area contributed by atoms with Crippen LogP contribution in [-0.4, -0.2) is 27.0 Å². The van der Waals surface area contributed by atoms with Crippen molar-refractivity contribution >= 4 is 34.0 Å². The fourth-order valence-corrected chi connectivity index (χ4v) is 2.15. The molecule has 80 valence electrons. The van der Waals surface area contributed by atoms with Gasteiger partial charge >= 0.3 is 0 Å². The summed E-state index contributed by atoms with van der Waals surface area (Å²) in [4.78, 5) is 18.6. The number of carbonyl (C=O) groups excluding carboxylic acids is 1. The molecule has 2 aromatic rings. The summed E-state index contributed by atoms with van der Waals surface area (Å²) >= 11 is 5.83. The molecule has 0 aromatic carbocycles. The van der Waals surface area contributed by atoms with E-state index in [1.54, 1.807) is 18.5 Å². The largest absolute Gasteiger partial charge is 0.379 e. The standard InChI is InChI=1S/C11H7ClN2O2/c12-8-7(9(15)10(8)16)6-4-14-11-5(6)2-1-3-13-11/h1-4,10,16H,(H,13,14). The quantitative estimate of drug-likeness (QED) is 0.785. The lowest BCUT2D eigenvalue weighted by Gasteiger charge is -2.23. The molecule has 0 amide bonds. The number of hydrogen-bond donors (Lipinski definition) is 2. The van der Waals surface area contributed by atoms with E-state index in [1.165, 1.54) is 0 Å². The molecule has 0 spiro atoms. The summed E-state index contributed by atoms with van der Waals surface area (Å²) in [5.41, 5.74) is 1.78. The molecule has 16 heavy (non-hydrogen) atoms. The summed E-state index contributed by atoms with van der Waals surface area (Å²) in [6, 6.07) is 3.64. The smallest absolute Gasteiger partial charge is 0.198 e. The van der Waals surface area contributed by atoms with Crippen molar-refractivity contribution in [2.45, 2.75) is 6.10 Å². The SMILES string of the molecule is O=C1C(c2c[nH]c3ncccc23)=C(Cl)C1O. The summed E-state index contributed by atoms with van der Waals surface area (Å²) in [5, 5.41) is 10.3. The molecule has 5 heteroatoms. The number of fused-ring (bicyclic) bond motifs is 1. The third kappa shape index (κ3) is 1.08. The monoisotopic (exact) mass is 234 g/mol. The Hall–Kier alpha value is -1.65. The molecule has 0 fully saturated rings. The molecule has 1 atom stereocenters. The number of H-pyrrole nitrogens is 1. The third-order valence-corrected chi connectivity index (χ3v) is 3.09. The lowest BCUT2D eigenvalue weighted by molar-refractivity contribution is -0.121. The molecule has 0 radical (unpaired) electrons. The van der Waals surface area contributed by atoms with Crippen LogP contribution in [0.1, 0.15) is 5.56 Å². The number of Topliss-reactive ketones (excluding diaryl/α,β-unsaturated/α-hetero) is 1. The molecule has 3 rings (SSSR count). The van der Waals surface area contributed by atoms with E-state index in [2.05, 4.69) is 9.97 Å². The van der Waals surface area contributed by atoms with Crippen molar-refractivity contribution in [3.63, 3.8) is 0 Å². The van der Waals surface area contributed by atoms with E-state index >= 15 is 0 Å². The minimum absolute atomic E-state index is 0.203. The summed E-state index contributed by atoms with van der Waals surface area (Å²) < 4.78 is 0. The van der Waals surface area contributed by atoms with Crippen molar-refractivity contribution in [1.82, 2.24) is 9.97 Å². The van der Waals surface area contributed by atoms with Gasteiger partial charge in [0, 0.05) is 28.9 Å². The normalized spacial score (nSPS) is 20.4. The maximum Gasteiger partial charge on any atom is 0.198 e. The number of aromatic nitrogens is 2. The molecule has 1 aliphatic carbocycles. The highest BCUT2D eigenvalue weighted by molar-refractivity contribution is 6.49. The van der Waals surface area contributed by atoms with Crippen molar-refractivity contribution in [2.75, 3.05) is 0 Å². The zero-order chi connectivity index (χ0) is 11.3. The summed E-state index contributed by atoms with van der Waals surface area (Å²) in [6.07, 6.45) is 2.19. The van der Waals surface area contributed by atoms with Gasteiger partial charge in [-0.1, -0.05) is 11.6 Å². The zero-order valence-electron chi connectivity index (χ0n) is 8.07. The number of nitrogens with zero attached hydrogens (tertiary/aromatic N) is 1. The maximum atomic E-state index is 11.5. The fourth-order valence-electron chi connectivity index (χ4n) is 1.85. The number of halogens is 1. The topological polar surface area (TPSA) is 66.0 Å². The fraction of sp³-hybridized carbons (Fsp3) is 0.0909. The average molecular weight is 235 g/mol. The lowest BCUT2D eigenvalue weighted by atomic mass is 9.88. The first-order valence-electron chi connectivity index (χ1n) is 4.74. The van der Waals surface area contributed by atoms with E-state index in [0.29, 0.717) is 16.8 Å². The molecule has 4 nitrogen and oxygen atoms in total. The summed E-state index contributed by atoms with van der Waals surface area (Å²) in [5.74, 6) is -0.338. The Bertz CT molecular complexity index is 630. The van der Waals surface area contributed by atoms with E-state index in [-0.39, 0.29) is 10.8 Å². The van der Waals surface area contributed by atoms with Gasteiger partial charge in [-0.25, -0.2) is 4.98 Å². The molecular formula is C11H7ClN2O2. The molecule has 2 aromatic heterocycles. The average Bonchev–Trinajstić information content (AvgIpc) is 2.73. The highest BCUT2D eigenvalue weighted by Gasteiger charge is 2.38. The number of nitrogens with one attached hydrogen (secondary N) is 1. The number of pyridine rings is 1. The summed E-state index contributed by atoms with van der Waals surface area (Å²) in [6.45, 7) is 0. The van der Waals surface area contributed by atoms with Crippen LogP contribution in [0.4, 0.5) is 0 Å². The van der Waals surface area contributed by atoms with Gasteiger partial charge in [0.25, 0.3) is 0 Å². The van der Waals surface area contributed by atoms with Gasteiger partial charge in [-0.05, 0) is 12.1 Å². The van der Waals surface area contributed by atoms with E-state index < -0.39 is 6.10 Å². The van der Waals surface area contributed by atoms with Gasteiger partial charge in [-0.3, -0.25) is 4.79 Å². The lowest BCUT2D eigenvalue weighted by Crippen LogP contribution is -2.32. The van der Waals surface area contributed by atoms with Crippen LogP contribution >= 0.6 is 11.6 Å². The Balaban J connectivity index is 2.25. The van der Waals surface area contributed by atoms with Crippen molar-refractivity contribution < 1.29 is 9.90 Å². The van der Waals surface area contributed by atoms with Crippen LogP contribution in [-0.2, 0) is 4.79 Å². The van der Waals surface area contributed by atoms with Crippen LogP contribution in [0.3, 0.4) is 0 Å². The van der Waals surface area contributed by atoms with Gasteiger partial charge in [0.15, 0.2) is 11.9 Å². The van der Waals surface area contributed by atoms with Gasteiger partial charge in [0.05, 0.1) is 5.03 Å². The molecule has 1 unspecified atom stereocenters. The molecule has 0 bridgehead atoms. The van der Waals surface area contributed by atoms with Crippen LogP contribution in [0, 0.1) is 0 Å². The molecule has 2 N–H and O–H groups in total. The van der Waals surface area contributed by atoms with Crippen LogP contribution in [0.15, 0.2) is 29.6 Å². The Morgan fingerprint density at radius 2 is 2.31 bits per heavy atom. The predicted molar refractivity (Wildman–Crippen MR) is 59.9 cm³/mol. The second-order valence-corrected chi connectivity index (χ2v) is 4.00. The van der Waals surface area contributed by atoms with Crippen molar-refractivity contribution in [1.29, 1.82) is 0 Å². The van der Waals surface area contributed by atoms with E-state index in [4.69, 9.17) is 11.6 Å². The van der Waals surface area contributed by atoms with Crippen LogP contribution in [0.2, 0.25) is 0 Å². The van der Waals surface area contributed by atoms with Crippen LogP contribution in [0.25, 0.3) is 16.6 Å². The van der Waals surface area contributed by atoms with E-state index in [9.17, 15) is 9.90 Å². The summed E-state index contributed by atoms with van der Waals surface area (Å²) in [7, 11) is 0.